The van der Waals surface area contributed by atoms with Gasteiger partial charge < -0.3 is 4.98 Å². The van der Waals surface area contributed by atoms with Crippen LogP contribution in [0.4, 0.5) is 0 Å². The van der Waals surface area contributed by atoms with E-state index in [0.717, 1.165) is 16.3 Å². The lowest BCUT2D eigenvalue weighted by Crippen LogP contribution is -1.76. The molecule has 2 rings (SSSR count). The van der Waals surface area contributed by atoms with E-state index in [2.05, 4.69) is 22.6 Å². The number of thiazole rings is 1. The molecule has 2 nitrogen and oxygen atoms in total. The first-order chi connectivity index (χ1) is 5.90. The van der Waals surface area contributed by atoms with Crippen molar-refractivity contribution in [1.82, 2.24) is 9.97 Å². The summed E-state index contributed by atoms with van der Waals surface area (Å²) in [6, 6.07) is 2.02. The first-order valence-electron chi connectivity index (χ1n) is 3.58. The lowest BCUT2D eigenvalue weighted by molar-refractivity contribution is 1.24. The van der Waals surface area contributed by atoms with Crippen molar-refractivity contribution in [2.45, 2.75) is 5.75 Å². The highest BCUT2D eigenvalue weighted by Gasteiger charge is 2.02. The Morgan fingerprint density at radius 2 is 2.50 bits per heavy atom. The fourth-order valence-corrected chi connectivity index (χ4v) is 2.07. The summed E-state index contributed by atoms with van der Waals surface area (Å²) < 4.78 is 0. The molecule has 0 fully saturated rings. The zero-order chi connectivity index (χ0) is 8.39. The molecule has 0 spiro atoms. The van der Waals surface area contributed by atoms with Crippen LogP contribution in [0.15, 0.2) is 23.8 Å². The summed E-state index contributed by atoms with van der Waals surface area (Å²) in [6.45, 7) is 0. The Hall–Kier alpha value is -0.740. The van der Waals surface area contributed by atoms with Gasteiger partial charge in [-0.25, -0.2) is 4.98 Å². The number of thiol groups is 1. The Kier molecular flexibility index (Phi) is 2.19. The number of aromatic nitrogens is 2. The Balaban J connectivity index is 2.35. The molecular formula is C8H8N2S2. The van der Waals surface area contributed by atoms with Crippen LogP contribution in [-0.4, -0.2) is 9.97 Å². The smallest absolute Gasteiger partial charge is 0.125 e. The van der Waals surface area contributed by atoms with E-state index in [0.29, 0.717) is 5.75 Å². The molecule has 0 saturated carbocycles. The van der Waals surface area contributed by atoms with Crippen LogP contribution < -0.4 is 0 Å². The van der Waals surface area contributed by atoms with Crippen LogP contribution in [0.2, 0.25) is 0 Å². The lowest BCUT2D eigenvalue weighted by Gasteiger charge is -1.86. The highest BCUT2D eigenvalue weighted by atomic mass is 32.1. The molecule has 0 atom stereocenters. The summed E-state index contributed by atoms with van der Waals surface area (Å²) in [4.78, 5) is 7.40. The number of rotatable bonds is 2. The zero-order valence-corrected chi connectivity index (χ0v) is 8.03. The fraction of sp³-hybridized carbons (Fsp3) is 0.125. The number of H-pyrrole nitrogens is 1. The lowest BCUT2D eigenvalue weighted by atomic mass is 10.4. The summed E-state index contributed by atoms with van der Waals surface area (Å²) in [5.74, 6) is 0.709. The molecule has 0 amide bonds. The van der Waals surface area contributed by atoms with Gasteiger partial charge in [-0.15, -0.1) is 11.3 Å². The maximum atomic E-state index is 4.39. The van der Waals surface area contributed by atoms with Crippen LogP contribution in [-0.2, 0) is 5.75 Å². The van der Waals surface area contributed by atoms with Crippen molar-refractivity contribution in [1.29, 1.82) is 0 Å². The van der Waals surface area contributed by atoms with E-state index in [1.54, 1.807) is 11.3 Å². The quantitative estimate of drug-likeness (QED) is 0.710. The minimum Gasteiger partial charge on any atom is -0.367 e. The molecule has 0 bridgehead atoms. The van der Waals surface area contributed by atoms with Gasteiger partial charge in [0.1, 0.15) is 5.01 Å². The van der Waals surface area contributed by atoms with Crippen molar-refractivity contribution in [3.63, 3.8) is 0 Å². The highest BCUT2D eigenvalue weighted by Crippen LogP contribution is 2.23. The normalized spacial score (nSPS) is 10.4. The van der Waals surface area contributed by atoms with E-state index in [4.69, 9.17) is 0 Å². The highest BCUT2D eigenvalue weighted by molar-refractivity contribution is 7.79. The van der Waals surface area contributed by atoms with E-state index in [1.165, 1.54) is 0 Å². The minimum absolute atomic E-state index is 0.709. The molecule has 0 aromatic carbocycles. The molecule has 2 aromatic heterocycles. The number of nitrogens with zero attached hydrogens (tertiary/aromatic N) is 1. The zero-order valence-electron chi connectivity index (χ0n) is 6.32. The van der Waals surface area contributed by atoms with Crippen molar-refractivity contribution in [2.75, 3.05) is 0 Å². The second kappa shape index (κ2) is 3.33. The van der Waals surface area contributed by atoms with E-state index >= 15 is 0 Å². The van der Waals surface area contributed by atoms with E-state index in [9.17, 15) is 0 Å². The van der Waals surface area contributed by atoms with Gasteiger partial charge in [0.25, 0.3) is 0 Å². The Morgan fingerprint density at radius 3 is 3.08 bits per heavy atom. The molecule has 0 radical (unpaired) electrons. The third kappa shape index (κ3) is 1.40. The van der Waals surface area contributed by atoms with Gasteiger partial charge in [-0.05, 0) is 6.07 Å². The monoisotopic (exact) mass is 196 g/mol. The third-order valence-corrected chi connectivity index (χ3v) is 2.82. The maximum absolute atomic E-state index is 4.39. The van der Waals surface area contributed by atoms with Crippen LogP contribution in [0.1, 0.15) is 5.69 Å². The summed E-state index contributed by atoms with van der Waals surface area (Å²) in [7, 11) is 0. The largest absolute Gasteiger partial charge is 0.367 e. The first kappa shape index (κ1) is 7.89. The van der Waals surface area contributed by atoms with Crippen LogP contribution in [0.5, 0.6) is 0 Å². The number of aromatic amines is 1. The van der Waals surface area contributed by atoms with Gasteiger partial charge >= 0.3 is 0 Å². The van der Waals surface area contributed by atoms with Gasteiger partial charge in [0, 0.05) is 29.1 Å². The molecule has 2 heterocycles. The maximum Gasteiger partial charge on any atom is 0.125 e. The Labute approximate surface area is 80.1 Å². The molecule has 4 heteroatoms. The molecule has 0 aliphatic carbocycles. The molecular weight excluding hydrogens is 188 g/mol. The molecule has 0 aliphatic rings. The first-order valence-corrected chi connectivity index (χ1v) is 5.10. The van der Waals surface area contributed by atoms with Crippen LogP contribution in [0, 0.1) is 0 Å². The predicted molar refractivity (Wildman–Crippen MR) is 54.6 cm³/mol. The summed E-state index contributed by atoms with van der Waals surface area (Å²) in [5, 5.41) is 3.09. The van der Waals surface area contributed by atoms with Gasteiger partial charge in [-0.1, -0.05) is 0 Å². The molecule has 12 heavy (non-hydrogen) atoms. The van der Waals surface area contributed by atoms with Crippen molar-refractivity contribution in [2.24, 2.45) is 0 Å². The van der Waals surface area contributed by atoms with Crippen LogP contribution >= 0.6 is 24.0 Å². The number of nitrogens with one attached hydrogen (secondary N) is 1. The second-order valence-corrected chi connectivity index (χ2v) is 3.58. The summed E-state index contributed by atoms with van der Waals surface area (Å²) in [6.07, 6.45) is 3.85. The average Bonchev–Trinajstić information content (AvgIpc) is 2.75. The van der Waals surface area contributed by atoms with Crippen LogP contribution in [0.3, 0.4) is 0 Å². The second-order valence-electron chi connectivity index (χ2n) is 2.40. The summed E-state index contributed by atoms with van der Waals surface area (Å²) in [5.41, 5.74) is 2.19. The summed E-state index contributed by atoms with van der Waals surface area (Å²) >= 11 is 5.81. The third-order valence-electron chi connectivity index (χ3n) is 1.56. The van der Waals surface area contributed by atoms with E-state index < -0.39 is 0 Å². The van der Waals surface area contributed by atoms with Crippen molar-refractivity contribution in [3.05, 3.63) is 29.5 Å². The van der Waals surface area contributed by atoms with Gasteiger partial charge in [-0.3, -0.25) is 0 Å². The molecule has 0 aliphatic heterocycles. The van der Waals surface area contributed by atoms with Gasteiger partial charge in [0.15, 0.2) is 0 Å². The molecule has 2 aromatic rings. The van der Waals surface area contributed by atoms with Gasteiger partial charge in [0.2, 0.25) is 0 Å². The molecule has 62 valence electrons. The average molecular weight is 196 g/mol. The van der Waals surface area contributed by atoms with Crippen molar-refractivity contribution in [3.8, 4) is 10.6 Å². The van der Waals surface area contributed by atoms with E-state index in [1.807, 2.05) is 23.8 Å². The SMILES string of the molecule is SCc1csc(-c2cc[nH]c2)n1. The number of hydrogen-bond acceptors (Lipinski definition) is 3. The van der Waals surface area contributed by atoms with Crippen molar-refractivity contribution >= 4 is 24.0 Å². The number of hydrogen-bond donors (Lipinski definition) is 2. The fourth-order valence-electron chi connectivity index (χ4n) is 0.969. The van der Waals surface area contributed by atoms with Gasteiger partial charge in [0.05, 0.1) is 5.69 Å². The molecule has 1 N–H and O–H groups in total. The Bertz CT molecular complexity index is 351. The molecule has 0 saturated heterocycles. The van der Waals surface area contributed by atoms with Gasteiger partial charge in [-0.2, -0.15) is 12.6 Å². The minimum atomic E-state index is 0.709. The van der Waals surface area contributed by atoms with Crippen LogP contribution in [0.25, 0.3) is 10.6 Å². The Morgan fingerprint density at radius 1 is 1.58 bits per heavy atom. The standard InChI is InChI=1S/C8H8N2S2/c11-4-7-5-12-8(10-7)6-1-2-9-3-6/h1-3,5,9,11H,4H2. The predicted octanol–water partition coefficient (Wildman–Crippen LogP) is 2.57. The molecule has 0 unspecified atom stereocenters. The van der Waals surface area contributed by atoms with Crippen molar-refractivity contribution < 1.29 is 0 Å². The van der Waals surface area contributed by atoms with E-state index in [-0.39, 0.29) is 0 Å². The topological polar surface area (TPSA) is 28.7 Å².